The zero-order valence-electron chi connectivity index (χ0n) is 12.3. The van der Waals surface area contributed by atoms with Gasteiger partial charge < -0.3 is 5.32 Å². The summed E-state index contributed by atoms with van der Waals surface area (Å²) >= 11 is 13.0. The number of anilines is 1. The highest BCUT2D eigenvalue weighted by Crippen LogP contribution is 2.31. The molecule has 124 valence electrons. The molecule has 1 amide bonds. The first-order chi connectivity index (χ1) is 10.7. The molecule has 0 aliphatic rings. The predicted molar refractivity (Wildman–Crippen MR) is 94.3 cm³/mol. The topological polar surface area (TPSA) is 75.3 Å². The molecule has 5 nitrogen and oxygen atoms in total. The molecule has 1 aromatic carbocycles. The number of halogens is 2. The van der Waals surface area contributed by atoms with Gasteiger partial charge in [0.25, 0.3) is 15.9 Å². The first kappa shape index (κ1) is 18.1. The molecule has 0 fully saturated rings. The maximum atomic E-state index is 12.5. The normalized spacial score (nSPS) is 11.3. The van der Waals surface area contributed by atoms with Gasteiger partial charge in [0, 0.05) is 16.4 Å². The van der Waals surface area contributed by atoms with E-state index in [9.17, 15) is 13.2 Å². The Bertz CT molecular complexity index is 848. The number of amides is 1. The highest BCUT2D eigenvalue weighted by Gasteiger charge is 2.23. The van der Waals surface area contributed by atoms with Crippen molar-refractivity contribution in [2.75, 3.05) is 11.3 Å². The van der Waals surface area contributed by atoms with Gasteiger partial charge in [-0.25, -0.2) is 8.42 Å². The molecule has 1 heterocycles. The van der Waals surface area contributed by atoms with E-state index >= 15 is 0 Å². The van der Waals surface area contributed by atoms with Crippen molar-refractivity contribution in [3.05, 3.63) is 44.1 Å². The van der Waals surface area contributed by atoms with Crippen LogP contribution >= 0.6 is 34.5 Å². The number of nitrogens with one attached hydrogen (secondary N) is 2. The van der Waals surface area contributed by atoms with Crippen LogP contribution in [0.3, 0.4) is 0 Å². The second-order valence-electron chi connectivity index (χ2n) is 4.62. The summed E-state index contributed by atoms with van der Waals surface area (Å²) in [6.07, 6.45) is 0. The molecule has 0 aliphatic carbocycles. The van der Waals surface area contributed by atoms with E-state index in [4.69, 9.17) is 23.2 Å². The van der Waals surface area contributed by atoms with Gasteiger partial charge >= 0.3 is 0 Å². The van der Waals surface area contributed by atoms with Gasteiger partial charge in [0.1, 0.15) is 4.90 Å². The SMILES string of the molecule is CCNC(=O)c1cc(S(=O)(=O)Nc2cc(Cl)ccc2Cl)c(C)s1. The van der Waals surface area contributed by atoms with Crippen molar-refractivity contribution in [3.63, 3.8) is 0 Å². The van der Waals surface area contributed by atoms with Gasteiger partial charge in [0.05, 0.1) is 15.6 Å². The van der Waals surface area contributed by atoms with Crippen molar-refractivity contribution in [1.82, 2.24) is 5.32 Å². The van der Waals surface area contributed by atoms with E-state index in [1.165, 1.54) is 18.2 Å². The maximum Gasteiger partial charge on any atom is 0.263 e. The Morgan fingerprint density at radius 3 is 2.61 bits per heavy atom. The number of carbonyl (C=O) groups excluding carboxylic acids is 1. The summed E-state index contributed by atoms with van der Waals surface area (Å²) < 4.78 is 27.5. The van der Waals surface area contributed by atoms with E-state index in [1.54, 1.807) is 19.9 Å². The van der Waals surface area contributed by atoms with Crippen molar-refractivity contribution in [3.8, 4) is 0 Å². The van der Waals surface area contributed by atoms with Crippen molar-refractivity contribution in [2.24, 2.45) is 0 Å². The maximum absolute atomic E-state index is 12.5. The molecule has 0 spiro atoms. The number of carbonyl (C=O) groups is 1. The number of aryl methyl sites for hydroxylation is 1. The van der Waals surface area contributed by atoms with Crippen LogP contribution in [0.5, 0.6) is 0 Å². The third-order valence-corrected chi connectivity index (χ3v) is 6.13. The van der Waals surface area contributed by atoms with Crippen LogP contribution in [0.1, 0.15) is 21.5 Å². The first-order valence-electron chi connectivity index (χ1n) is 6.61. The number of sulfonamides is 1. The molecule has 0 unspecified atom stereocenters. The van der Waals surface area contributed by atoms with Gasteiger partial charge in [-0.2, -0.15) is 0 Å². The predicted octanol–water partition coefficient (Wildman–Crippen LogP) is 3.91. The standard InChI is InChI=1S/C14H14Cl2N2O3S2/c1-3-17-14(19)12-7-13(8(2)22-12)23(20,21)18-11-6-9(15)4-5-10(11)16/h4-7,18H,3H2,1-2H3,(H,17,19). The van der Waals surface area contributed by atoms with E-state index in [-0.39, 0.29) is 21.5 Å². The van der Waals surface area contributed by atoms with Crippen LogP contribution in [0.25, 0.3) is 0 Å². The molecule has 0 atom stereocenters. The van der Waals surface area contributed by atoms with E-state index in [1.807, 2.05) is 0 Å². The Morgan fingerprint density at radius 2 is 1.96 bits per heavy atom. The van der Waals surface area contributed by atoms with E-state index in [0.717, 1.165) is 11.3 Å². The molecule has 0 saturated heterocycles. The van der Waals surface area contributed by atoms with Crippen molar-refractivity contribution >= 4 is 56.2 Å². The smallest absolute Gasteiger partial charge is 0.263 e. The number of benzene rings is 1. The van der Waals surface area contributed by atoms with Gasteiger partial charge in [0.2, 0.25) is 0 Å². The fraction of sp³-hybridized carbons (Fsp3) is 0.214. The van der Waals surface area contributed by atoms with Crippen molar-refractivity contribution in [1.29, 1.82) is 0 Å². The minimum atomic E-state index is -3.87. The summed E-state index contributed by atoms with van der Waals surface area (Å²) in [5.74, 6) is -0.303. The fourth-order valence-corrected chi connectivity index (χ4v) is 4.84. The average molecular weight is 393 g/mol. The van der Waals surface area contributed by atoms with Gasteiger partial charge in [-0.15, -0.1) is 11.3 Å². The highest BCUT2D eigenvalue weighted by atomic mass is 35.5. The van der Waals surface area contributed by atoms with E-state index < -0.39 is 10.0 Å². The fourth-order valence-electron chi connectivity index (χ4n) is 1.87. The first-order valence-corrected chi connectivity index (χ1v) is 9.66. The lowest BCUT2D eigenvalue weighted by Crippen LogP contribution is -2.21. The molecule has 0 bridgehead atoms. The molecule has 2 aromatic rings. The molecule has 2 rings (SSSR count). The minimum absolute atomic E-state index is 0.0415. The quantitative estimate of drug-likeness (QED) is 0.809. The molecular formula is C14H14Cl2N2O3S2. The third-order valence-electron chi connectivity index (χ3n) is 2.90. The van der Waals surface area contributed by atoms with Crippen LogP contribution in [-0.2, 0) is 10.0 Å². The number of hydrogen-bond acceptors (Lipinski definition) is 4. The van der Waals surface area contributed by atoms with Crippen LogP contribution in [0.4, 0.5) is 5.69 Å². The van der Waals surface area contributed by atoms with Crippen LogP contribution in [0.2, 0.25) is 10.0 Å². The lowest BCUT2D eigenvalue weighted by Gasteiger charge is -2.09. The van der Waals surface area contributed by atoms with Crippen molar-refractivity contribution in [2.45, 2.75) is 18.7 Å². The Labute approximate surface area is 148 Å². The lowest BCUT2D eigenvalue weighted by molar-refractivity contribution is 0.0959. The van der Waals surface area contributed by atoms with Gasteiger partial charge in [0.15, 0.2) is 0 Å². The Balaban J connectivity index is 2.36. The largest absolute Gasteiger partial charge is 0.352 e. The zero-order chi connectivity index (χ0) is 17.2. The summed E-state index contributed by atoms with van der Waals surface area (Å²) in [5, 5.41) is 3.23. The second kappa shape index (κ2) is 7.09. The Morgan fingerprint density at radius 1 is 1.26 bits per heavy atom. The average Bonchev–Trinajstić information content (AvgIpc) is 2.86. The number of thiophene rings is 1. The van der Waals surface area contributed by atoms with Crippen LogP contribution in [0, 0.1) is 6.92 Å². The molecule has 9 heteroatoms. The van der Waals surface area contributed by atoms with Crippen LogP contribution in [0.15, 0.2) is 29.2 Å². The lowest BCUT2D eigenvalue weighted by atomic mass is 10.3. The summed E-state index contributed by atoms with van der Waals surface area (Å²) in [5.41, 5.74) is 0.185. The number of rotatable bonds is 5. The molecule has 1 aromatic heterocycles. The molecule has 0 aliphatic heterocycles. The number of hydrogen-bond donors (Lipinski definition) is 2. The second-order valence-corrected chi connectivity index (χ2v) is 8.37. The molecule has 23 heavy (non-hydrogen) atoms. The molecular weight excluding hydrogens is 379 g/mol. The monoisotopic (exact) mass is 392 g/mol. The van der Waals surface area contributed by atoms with E-state index in [2.05, 4.69) is 10.0 Å². The molecule has 0 radical (unpaired) electrons. The van der Waals surface area contributed by atoms with Gasteiger partial charge in [-0.05, 0) is 38.1 Å². The summed E-state index contributed by atoms with van der Waals surface area (Å²) in [4.78, 5) is 12.7. The highest BCUT2D eigenvalue weighted by molar-refractivity contribution is 7.93. The summed E-state index contributed by atoms with van der Waals surface area (Å²) in [6.45, 7) is 3.90. The Kier molecular flexibility index (Phi) is 5.57. The Hall–Kier alpha value is -1.28. The van der Waals surface area contributed by atoms with Crippen LogP contribution in [-0.4, -0.2) is 20.9 Å². The van der Waals surface area contributed by atoms with Gasteiger partial charge in [-0.3, -0.25) is 9.52 Å². The molecule has 0 saturated carbocycles. The summed E-state index contributed by atoms with van der Waals surface area (Å²) in [7, 11) is -3.87. The third kappa shape index (κ3) is 4.17. The van der Waals surface area contributed by atoms with Crippen LogP contribution < -0.4 is 10.0 Å². The zero-order valence-corrected chi connectivity index (χ0v) is 15.5. The van der Waals surface area contributed by atoms with E-state index in [0.29, 0.717) is 21.3 Å². The van der Waals surface area contributed by atoms with Crippen molar-refractivity contribution < 1.29 is 13.2 Å². The minimum Gasteiger partial charge on any atom is -0.352 e. The summed E-state index contributed by atoms with van der Waals surface area (Å²) in [6, 6.07) is 5.84. The van der Waals surface area contributed by atoms with Gasteiger partial charge in [-0.1, -0.05) is 23.2 Å². The molecule has 2 N–H and O–H groups in total.